The van der Waals surface area contributed by atoms with E-state index in [0.717, 1.165) is 24.2 Å². The molecule has 27 heavy (non-hydrogen) atoms. The second-order valence-corrected chi connectivity index (χ2v) is 6.93. The van der Waals surface area contributed by atoms with Gasteiger partial charge in [0.25, 0.3) is 5.91 Å². The summed E-state index contributed by atoms with van der Waals surface area (Å²) in [5, 5.41) is 7.20. The highest BCUT2D eigenvalue weighted by Gasteiger charge is 2.28. The first-order valence-corrected chi connectivity index (χ1v) is 9.49. The molecule has 1 aliphatic rings. The maximum absolute atomic E-state index is 13.3. The molecule has 1 saturated carbocycles. The Kier molecular flexibility index (Phi) is 5.23. The largest absolute Gasteiger partial charge is 0.328 e. The Morgan fingerprint density at radius 1 is 1.00 bits per heavy atom. The molecule has 1 aliphatic carbocycles. The van der Waals surface area contributed by atoms with E-state index in [1.165, 1.54) is 19.3 Å². The van der Waals surface area contributed by atoms with Crippen LogP contribution >= 0.6 is 0 Å². The van der Waals surface area contributed by atoms with Crippen LogP contribution in [0.5, 0.6) is 0 Å². The molecule has 0 aromatic carbocycles. The summed E-state index contributed by atoms with van der Waals surface area (Å²) in [7, 11) is 0. The first-order chi connectivity index (χ1) is 13.3. The molecule has 1 amide bonds. The minimum absolute atomic E-state index is 0.0257. The summed E-state index contributed by atoms with van der Waals surface area (Å²) >= 11 is 0. The summed E-state index contributed by atoms with van der Waals surface area (Å²) < 4.78 is 0. The summed E-state index contributed by atoms with van der Waals surface area (Å²) in [6.45, 7) is 0.516. The van der Waals surface area contributed by atoms with Crippen molar-refractivity contribution in [3.63, 3.8) is 0 Å². The number of carbonyl (C=O) groups excluding carboxylic acids is 1. The normalized spacial score (nSPS) is 14.8. The predicted molar refractivity (Wildman–Crippen MR) is 103 cm³/mol. The Hall–Kier alpha value is -3.02. The van der Waals surface area contributed by atoms with Gasteiger partial charge in [0.2, 0.25) is 0 Å². The maximum Gasteiger partial charge on any atom is 0.272 e. The van der Waals surface area contributed by atoms with Gasteiger partial charge in [-0.1, -0.05) is 31.4 Å². The van der Waals surface area contributed by atoms with Crippen LogP contribution in [0.4, 0.5) is 0 Å². The van der Waals surface area contributed by atoms with Gasteiger partial charge in [0.05, 0.1) is 17.9 Å². The molecule has 1 fully saturated rings. The van der Waals surface area contributed by atoms with Crippen LogP contribution in [0.1, 0.15) is 48.3 Å². The van der Waals surface area contributed by atoms with Gasteiger partial charge in [-0.05, 0) is 43.2 Å². The topological polar surface area (TPSA) is 74.8 Å². The summed E-state index contributed by atoms with van der Waals surface area (Å²) in [5.41, 5.74) is 2.83. The standard InChI is InChI=1S/C21H23N5O/c27-21(20-14-19(24-25-20)18-11-5-7-13-23-18)26(17-9-2-1-3-10-17)15-16-8-4-6-12-22-16/h4-8,11-14,17H,1-3,9-10,15H2,(H,24,25). The van der Waals surface area contributed by atoms with Crippen molar-refractivity contribution < 1.29 is 4.79 Å². The lowest BCUT2D eigenvalue weighted by Crippen LogP contribution is -2.41. The van der Waals surface area contributed by atoms with E-state index in [-0.39, 0.29) is 11.9 Å². The van der Waals surface area contributed by atoms with E-state index in [4.69, 9.17) is 0 Å². The minimum atomic E-state index is -0.0257. The van der Waals surface area contributed by atoms with Gasteiger partial charge < -0.3 is 4.90 Å². The highest BCUT2D eigenvalue weighted by atomic mass is 16.2. The quantitative estimate of drug-likeness (QED) is 0.749. The molecule has 1 N–H and O–H groups in total. The number of carbonyl (C=O) groups is 1. The van der Waals surface area contributed by atoms with Gasteiger partial charge in [-0.3, -0.25) is 19.9 Å². The molecule has 0 unspecified atom stereocenters. The van der Waals surface area contributed by atoms with Crippen molar-refractivity contribution in [1.82, 2.24) is 25.1 Å². The van der Waals surface area contributed by atoms with Crippen molar-refractivity contribution in [3.05, 3.63) is 66.2 Å². The number of hydrogen-bond acceptors (Lipinski definition) is 4. The van der Waals surface area contributed by atoms with Gasteiger partial charge >= 0.3 is 0 Å². The molecule has 3 heterocycles. The fourth-order valence-corrected chi connectivity index (χ4v) is 3.66. The van der Waals surface area contributed by atoms with Gasteiger partial charge in [0, 0.05) is 18.4 Å². The van der Waals surface area contributed by atoms with Crippen LogP contribution in [-0.4, -0.2) is 37.0 Å². The molecule has 0 bridgehead atoms. The maximum atomic E-state index is 13.3. The second kappa shape index (κ2) is 8.12. The Balaban J connectivity index is 1.59. The van der Waals surface area contributed by atoms with E-state index >= 15 is 0 Å². The van der Waals surface area contributed by atoms with Crippen molar-refractivity contribution >= 4 is 5.91 Å². The predicted octanol–water partition coefficient (Wildman–Crippen LogP) is 3.84. The summed E-state index contributed by atoms with van der Waals surface area (Å²) in [6.07, 6.45) is 9.16. The SMILES string of the molecule is O=C(c1cc(-c2ccccn2)n[nH]1)N(Cc1ccccn1)C1CCCCC1. The summed E-state index contributed by atoms with van der Waals surface area (Å²) in [5.74, 6) is -0.0257. The molecule has 138 valence electrons. The van der Waals surface area contributed by atoms with E-state index in [1.807, 2.05) is 41.3 Å². The van der Waals surface area contributed by atoms with Crippen LogP contribution in [-0.2, 0) is 6.54 Å². The van der Waals surface area contributed by atoms with Gasteiger partial charge in [0.15, 0.2) is 0 Å². The van der Waals surface area contributed by atoms with Crippen molar-refractivity contribution in [1.29, 1.82) is 0 Å². The molecule has 6 heteroatoms. The number of amides is 1. The van der Waals surface area contributed by atoms with Crippen LogP contribution in [0, 0.1) is 0 Å². The molecule has 0 atom stereocenters. The van der Waals surface area contributed by atoms with Gasteiger partial charge in [-0.25, -0.2) is 0 Å². The Bertz CT molecular complexity index is 872. The zero-order chi connectivity index (χ0) is 18.5. The number of aromatic amines is 1. The third kappa shape index (κ3) is 4.05. The Morgan fingerprint density at radius 2 is 1.78 bits per heavy atom. The Labute approximate surface area is 158 Å². The van der Waals surface area contributed by atoms with Crippen molar-refractivity contribution in [2.45, 2.75) is 44.7 Å². The molecule has 0 aliphatic heterocycles. The fourth-order valence-electron chi connectivity index (χ4n) is 3.66. The number of aromatic nitrogens is 4. The van der Waals surface area contributed by atoms with Gasteiger partial charge in [-0.2, -0.15) is 5.10 Å². The van der Waals surface area contributed by atoms with Crippen LogP contribution in [0.3, 0.4) is 0 Å². The third-order valence-corrected chi connectivity index (χ3v) is 5.07. The molecular weight excluding hydrogens is 338 g/mol. The average Bonchev–Trinajstić information content (AvgIpc) is 3.24. The lowest BCUT2D eigenvalue weighted by atomic mass is 9.93. The number of pyridine rings is 2. The average molecular weight is 361 g/mol. The fraction of sp³-hybridized carbons (Fsp3) is 0.333. The molecule has 0 saturated heterocycles. The Morgan fingerprint density at radius 3 is 2.48 bits per heavy atom. The molecule has 0 radical (unpaired) electrons. The lowest BCUT2D eigenvalue weighted by molar-refractivity contribution is 0.0605. The molecule has 4 rings (SSSR count). The molecule has 3 aromatic rings. The summed E-state index contributed by atoms with van der Waals surface area (Å²) in [6, 6.07) is 13.5. The second-order valence-electron chi connectivity index (χ2n) is 6.93. The number of H-pyrrole nitrogens is 1. The molecule has 6 nitrogen and oxygen atoms in total. The third-order valence-electron chi connectivity index (χ3n) is 5.07. The van der Waals surface area contributed by atoms with Crippen LogP contribution in [0.2, 0.25) is 0 Å². The zero-order valence-electron chi connectivity index (χ0n) is 15.2. The van der Waals surface area contributed by atoms with Gasteiger partial charge in [0.1, 0.15) is 11.4 Å². The number of hydrogen-bond donors (Lipinski definition) is 1. The van der Waals surface area contributed by atoms with Crippen LogP contribution in [0.15, 0.2) is 54.9 Å². The smallest absolute Gasteiger partial charge is 0.272 e. The van der Waals surface area contributed by atoms with E-state index in [2.05, 4.69) is 20.2 Å². The first kappa shape index (κ1) is 17.4. The number of nitrogens with one attached hydrogen (secondary N) is 1. The van der Waals surface area contributed by atoms with Crippen LogP contribution < -0.4 is 0 Å². The summed E-state index contributed by atoms with van der Waals surface area (Å²) in [4.78, 5) is 24.0. The van der Waals surface area contributed by atoms with E-state index in [1.54, 1.807) is 18.5 Å². The monoisotopic (exact) mass is 361 g/mol. The molecule has 0 spiro atoms. The number of nitrogens with zero attached hydrogens (tertiary/aromatic N) is 4. The van der Waals surface area contributed by atoms with Crippen LogP contribution in [0.25, 0.3) is 11.4 Å². The highest BCUT2D eigenvalue weighted by Crippen LogP contribution is 2.26. The van der Waals surface area contributed by atoms with Crippen molar-refractivity contribution in [2.75, 3.05) is 0 Å². The van der Waals surface area contributed by atoms with Crippen molar-refractivity contribution in [3.8, 4) is 11.4 Å². The van der Waals surface area contributed by atoms with Crippen molar-refractivity contribution in [2.24, 2.45) is 0 Å². The lowest BCUT2D eigenvalue weighted by Gasteiger charge is -2.34. The first-order valence-electron chi connectivity index (χ1n) is 9.49. The zero-order valence-corrected chi connectivity index (χ0v) is 15.2. The molecule has 3 aromatic heterocycles. The highest BCUT2D eigenvalue weighted by molar-refractivity contribution is 5.93. The number of rotatable bonds is 5. The van der Waals surface area contributed by atoms with E-state index < -0.39 is 0 Å². The van der Waals surface area contributed by atoms with E-state index in [0.29, 0.717) is 17.9 Å². The van der Waals surface area contributed by atoms with E-state index in [9.17, 15) is 4.79 Å². The minimum Gasteiger partial charge on any atom is -0.328 e. The molecular formula is C21H23N5O. The van der Waals surface area contributed by atoms with Gasteiger partial charge in [-0.15, -0.1) is 0 Å².